The highest BCUT2D eigenvalue weighted by molar-refractivity contribution is 5.99. The summed E-state index contributed by atoms with van der Waals surface area (Å²) in [4.78, 5) is 25.3. The Morgan fingerprint density at radius 3 is 2.45 bits per heavy atom. The lowest BCUT2D eigenvalue weighted by atomic mass is 9.80. The Bertz CT molecular complexity index is 546. The topological polar surface area (TPSA) is 83.6 Å². The number of nitrogens with two attached hydrogens (primary N) is 1. The molecule has 0 bridgehead atoms. The number of carboxylic acids is 1. The second-order valence-corrected chi connectivity index (χ2v) is 5.75. The fraction of sp³-hybridized carbons (Fsp3) is 0.467. The van der Waals surface area contributed by atoms with Crippen molar-refractivity contribution in [1.82, 2.24) is 4.90 Å². The number of carboxylic acid groups (broad SMARTS) is 1. The van der Waals surface area contributed by atoms with Gasteiger partial charge in [-0.3, -0.25) is 9.59 Å². The first-order valence-corrected chi connectivity index (χ1v) is 6.72. The van der Waals surface area contributed by atoms with Crippen molar-refractivity contribution < 1.29 is 14.7 Å². The predicted molar refractivity (Wildman–Crippen MR) is 76.5 cm³/mol. The number of hydrogen-bond acceptors (Lipinski definition) is 3. The molecule has 1 amide bonds. The van der Waals surface area contributed by atoms with Crippen LogP contribution in [-0.2, 0) is 4.79 Å². The van der Waals surface area contributed by atoms with Gasteiger partial charge in [-0.05, 0) is 38.8 Å². The number of carbonyl (C=O) groups excluding carboxylic acids is 1. The first kappa shape index (κ1) is 14.4. The fourth-order valence-corrected chi connectivity index (χ4v) is 2.44. The van der Waals surface area contributed by atoms with Crippen LogP contribution in [0, 0.1) is 12.3 Å². The van der Waals surface area contributed by atoms with Crippen molar-refractivity contribution in [1.29, 1.82) is 0 Å². The number of aryl methyl sites for hydroxylation is 1. The zero-order valence-electron chi connectivity index (χ0n) is 11.8. The molecule has 1 fully saturated rings. The van der Waals surface area contributed by atoms with Crippen LogP contribution in [-0.4, -0.2) is 35.0 Å². The lowest BCUT2D eigenvalue weighted by molar-refractivity contribution is -0.150. The Morgan fingerprint density at radius 1 is 1.30 bits per heavy atom. The van der Waals surface area contributed by atoms with E-state index in [0.717, 1.165) is 5.56 Å². The van der Waals surface area contributed by atoms with Gasteiger partial charge in [-0.15, -0.1) is 0 Å². The van der Waals surface area contributed by atoms with Gasteiger partial charge in [0.05, 0.1) is 11.0 Å². The van der Waals surface area contributed by atoms with Crippen LogP contribution in [0.15, 0.2) is 18.2 Å². The van der Waals surface area contributed by atoms with E-state index in [9.17, 15) is 14.7 Å². The summed E-state index contributed by atoms with van der Waals surface area (Å²) in [5.41, 5.74) is 7.08. The van der Waals surface area contributed by atoms with Gasteiger partial charge in [-0.2, -0.15) is 0 Å². The molecule has 0 aliphatic carbocycles. The number of nitrogen functional groups attached to an aromatic ring is 1. The molecule has 0 atom stereocenters. The van der Waals surface area contributed by atoms with Crippen LogP contribution in [0.2, 0.25) is 0 Å². The van der Waals surface area contributed by atoms with E-state index in [1.165, 1.54) is 0 Å². The molecular weight excluding hydrogens is 256 g/mol. The Kier molecular flexibility index (Phi) is 3.70. The third kappa shape index (κ3) is 2.61. The lowest BCUT2D eigenvalue weighted by Gasteiger charge is -2.36. The molecular formula is C15H20N2O3. The van der Waals surface area contributed by atoms with Crippen LogP contribution in [0.25, 0.3) is 0 Å². The van der Waals surface area contributed by atoms with Gasteiger partial charge in [0.15, 0.2) is 0 Å². The second-order valence-electron chi connectivity index (χ2n) is 5.75. The highest BCUT2D eigenvalue weighted by Crippen LogP contribution is 2.32. The Balaban J connectivity index is 2.13. The van der Waals surface area contributed by atoms with Gasteiger partial charge in [-0.1, -0.05) is 11.6 Å². The SMILES string of the molecule is Cc1ccc(N)c(C(=O)N2CCC(C)(C(=O)O)CC2)c1. The Morgan fingerprint density at radius 2 is 1.90 bits per heavy atom. The molecule has 1 heterocycles. The summed E-state index contributed by atoms with van der Waals surface area (Å²) in [6.45, 7) is 4.55. The zero-order chi connectivity index (χ0) is 14.9. The molecule has 2 rings (SSSR count). The molecule has 1 aromatic rings. The molecule has 0 spiro atoms. The van der Waals surface area contributed by atoms with Crippen LogP contribution in [0.4, 0.5) is 5.69 Å². The third-order valence-corrected chi connectivity index (χ3v) is 4.11. The van der Waals surface area contributed by atoms with Crippen molar-refractivity contribution in [3.8, 4) is 0 Å². The van der Waals surface area contributed by atoms with Gasteiger partial charge in [0.1, 0.15) is 0 Å². The van der Waals surface area contributed by atoms with Crippen LogP contribution in [0.5, 0.6) is 0 Å². The Hall–Kier alpha value is -2.04. The molecule has 5 heteroatoms. The van der Waals surface area contributed by atoms with E-state index in [1.807, 2.05) is 13.0 Å². The summed E-state index contributed by atoms with van der Waals surface area (Å²) in [5.74, 6) is -0.904. The minimum Gasteiger partial charge on any atom is -0.481 e. The van der Waals surface area contributed by atoms with E-state index in [-0.39, 0.29) is 5.91 Å². The third-order valence-electron chi connectivity index (χ3n) is 4.11. The minimum atomic E-state index is -0.792. The molecule has 20 heavy (non-hydrogen) atoms. The van der Waals surface area contributed by atoms with E-state index in [1.54, 1.807) is 24.0 Å². The molecule has 0 radical (unpaired) electrons. The highest BCUT2D eigenvalue weighted by atomic mass is 16.4. The standard InChI is InChI=1S/C15H20N2O3/c1-10-3-4-12(16)11(9-10)13(18)17-7-5-15(2,6-8-17)14(19)20/h3-4,9H,5-8,16H2,1-2H3,(H,19,20). The van der Waals surface area contributed by atoms with Gasteiger partial charge in [-0.25, -0.2) is 0 Å². The van der Waals surface area contributed by atoms with Crippen molar-refractivity contribution >= 4 is 17.6 Å². The zero-order valence-corrected chi connectivity index (χ0v) is 11.8. The number of rotatable bonds is 2. The maximum Gasteiger partial charge on any atom is 0.309 e. The smallest absolute Gasteiger partial charge is 0.309 e. The van der Waals surface area contributed by atoms with Crippen molar-refractivity contribution in [2.24, 2.45) is 5.41 Å². The van der Waals surface area contributed by atoms with Gasteiger partial charge >= 0.3 is 5.97 Å². The molecule has 0 aromatic heterocycles. The molecule has 0 unspecified atom stereocenters. The molecule has 1 aromatic carbocycles. The van der Waals surface area contributed by atoms with Crippen molar-refractivity contribution in [3.05, 3.63) is 29.3 Å². The monoisotopic (exact) mass is 276 g/mol. The summed E-state index contributed by atoms with van der Waals surface area (Å²) >= 11 is 0. The highest BCUT2D eigenvalue weighted by Gasteiger charge is 2.38. The number of anilines is 1. The maximum atomic E-state index is 12.5. The second kappa shape index (κ2) is 5.15. The first-order valence-electron chi connectivity index (χ1n) is 6.72. The molecule has 108 valence electrons. The predicted octanol–water partition coefficient (Wildman–Crippen LogP) is 1.90. The maximum absolute atomic E-state index is 12.5. The lowest BCUT2D eigenvalue weighted by Crippen LogP contribution is -2.45. The van der Waals surface area contributed by atoms with E-state index >= 15 is 0 Å². The van der Waals surface area contributed by atoms with E-state index < -0.39 is 11.4 Å². The number of hydrogen-bond donors (Lipinski definition) is 2. The molecule has 1 aliphatic heterocycles. The molecule has 1 saturated heterocycles. The van der Waals surface area contributed by atoms with E-state index in [4.69, 9.17) is 5.73 Å². The van der Waals surface area contributed by atoms with Crippen LogP contribution < -0.4 is 5.73 Å². The van der Waals surface area contributed by atoms with Crippen molar-refractivity contribution in [2.45, 2.75) is 26.7 Å². The fourth-order valence-electron chi connectivity index (χ4n) is 2.44. The number of nitrogens with zero attached hydrogens (tertiary/aromatic N) is 1. The number of benzene rings is 1. The summed E-state index contributed by atoms with van der Waals surface area (Å²) in [6, 6.07) is 5.38. The number of carbonyl (C=O) groups is 2. The van der Waals surface area contributed by atoms with Gasteiger partial charge < -0.3 is 15.7 Å². The number of amides is 1. The number of piperidine rings is 1. The van der Waals surface area contributed by atoms with Crippen LogP contribution >= 0.6 is 0 Å². The van der Waals surface area contributed by atoms with E-state index in [2.05, 4.69) is 0 Å². The summed E-state index contributed by atoms with van der Waals surface area (Å²) < 4.78 is 0. The van der Waals surface area contributed by atoms with Crippen LogP contribution in [0.3, 0.4) is 0 Å². The normalized spacial score (nSPS) is 17.8. The van der Waals surface area contributed by atoms with Gasteiger partial charge in [0.2, 0.25) is 0 Å². The van der Waals surface area contributed by atoms with Crippen molar-refractivity contribution in [3.63, 3.8) is 0 Å². The molecule has 3 N–H and O–H groups in total. The average Bonchev–Trinajstić information content (AvgIpc) is 2.41. The molecule has 1 aliphatic rings. The largest absolute Gasteiger partial charge is 0.481 e. The minimum absolute atomic E-state index is 0.112. The number of likely N-dealkylation sites (tertiary alicyclic amines) is 1. The Labute approximate surface area is 118 Å². The summed E-state index contributed by atoms with van der Waals surface area (Å²) in [7, 11) is 0. The van der Waals surface area contributed by atoms with E-state index in [0.29, 0.717) is 37.2 Å². The average molecular weight is 276 g/mol. The van der Waals surface area contributed by atoms with Gasteiger partial charge in [0.25, 0.3) is 5.91 Å². The molecule has 5 nitrogen and oxygen atoms in total. The summed E-state index contributed by atoms with van der Waals surface area (Å²) in [5, 5.41) is 9.20. The first-order chi connectivity index (χ1) is 9.33. The summed E-state index contributed by atoms with van der Waals surface area (Å²) in [6.07, 6.45) is 0.944. The van der Waals surface area contributed by atoms with Crippen LogP contribution in [0.1, 0.15) is 35.7 Å². The van der Waals surface area contributed by atoms with Gasteiger partial charge in [0, 0.05) is 18.8 Å². The quantitative estimate of drug-likeness (QED) is 0.808. The van der Waals surface area contributed by atoms with Crippen molar-refractivity contribution in [2.75, 3.05) is 18.8 Å². The number of aliphatic carboxylic acids is 1. The molecule has 0 saturated carbocycles.